The van der Waals surface area contributed by atoms with Gasteiger partial charge in [-0.25, -0.2) is 0 Å². The topological polar surface area (TPSA) is 182 Å². The molecule has 2 unspecified atom stereocenters. The summed E-state index contributed by atoms with van der Waals surface area (Å²) in [6.07, 6.45) is -1.43. The predicted octanol–water partition coefficient (Wildman–Crippen LogP) is -0.977. The second kappa shape index (κ2) is 7.11. The van der Waals surface area contributed by atoms with E-state index in [0.717, 1.165) is 0 Å². The second-order valence-electron chi connectivity index (χ2n) is 9.18. The lowest BCUT2D eigenvalue weighted by Gasteiger charge is -2.58. The number of phenols is 1. The first kappa shape index (κ1) is 22.4. The van der Waals surface area contributed by atoms with Crippen molar-refractivity contribution in [1.82, 2.24) is 4.90 Å². The summed E-state index contributed by atoms with van der Waals surface area (Å²) in [6, 6.07) is 3.25. The summed E-state index contributed by atoms with van der Waals surface area (Å²) in [6.45, 7) is 1.68. The number of aromatic hydroxyl groups is 1. The van der Waals surface area contributed by atoms with Gasteiger partial charge in [-0.3, -0.25) is 19.3 Å². The van der Waals surface area contributed by atoms with Gasteiger partial charge in [-0.05, 0) is 31.6 Å². The number of phenolic OH excluding ortho intramolecular Hbond substituents is 1. The lowest BCUT2D eigenvalue weighted by Crippen LogP contribution is -2.70. The highest BCUT2D eigenvalue weighted by molar-refractivity contribution is 6.21. The summed E-state index contributed by atoms with van der Waals surface area (Å²) in [4.78, 5) is 39.8. The molecule has 3 aliphatic carbocycles. The number of amides is 1. The van der Waals surface area contributed by atoms with Crippen LogP contribution in [0.5, 0.6) is 5.75 Å². The highest BCUT2D eigenvalue weighted by atomic mass is 16.5. The summed E-state index contributed by atoms with van der Waals surface area (Å²) in [5.74, 6) is -13.4. The molecular formula is C22H26N2O8. The number of hydrogen-bond acceptors (Lipinski definition) is 9. The van der Waals surface area contributed by atoms with Crippen LogP contribution in [0.4, 0.5) is 0 Å². The van der Waals surface area contributed by atoms with Crippen molar-refractivity contribution in [2.75, 3.05) is 14.1 Å². The molecule has 7 atom stereocenters. The van der Waals surface area contributed by atoms with Crippen LogP contribution < -0.4 is 5.73 Å². The summed E-state index contributed by atoms with van der Waals surface area (Å²) in [5.41, 5.74) is 4.86. The van der Waals surface area contributed by atoms with Gasteiger partial charge in [-0.1, -0.05) is 19.1 Å². The third kappa shape index (κ3) is 2.70. The number of fused-ring (bicyclic) bond motifs is 3. The molecule has 172 valence electrons. The quantitative estimate of drug-likeness (QED) is 0.246. The number of nitrogens with zero attached hydrogens (tertiary/aromatic N) is 1. The Labute approximate surface area is 183 Å². The first-order valence-corrected chi connectivity index (χ1v) is 10.3. The molecule has 1 aromatic carbocycles. The van der Waals surface area contributed by atoms with Crippen molar-refractivity contribution in [3.63, 3.8) is 0 Å². The Morgan fingerprint density at radius 2 is 1.69 bits per heavy atom. The third-order valence-electron chi connectivity index (χ3n) is 7.38. The Hall–Kier alpha value is -2.79. The van der Waals surface area contributed by atoms with Crippen molar-refractivity contribution in [3.8, 4) is 5.75 Å². The highest BCUT2D eigenvalue weighted by Crippen LogP contribution is 2.58. The fourth-order valence-corrected chi connectivity index (χ4v) is 6.11. The number of Topliss-reactive ketones (excluding diaryl/α,β-unsaturated/α-hetero) is 2. The van der Waals surface area contributed by atoms with Gasteiger partial charge in [0.2, 0.25) is 0 Å². The molecule has 0 radical (unpaired) electrons. The maximum absolute atomic E-state index is 13.4. The van der Waals surface area contributed by atoms with Crippen LogP contribution in [0.2, 0.25) is 0 Å². The summed E-state index contributed by atoms with van der Waals surface area (Å²) in [5, 5.41) is 55.1. The molecule has 0 aromatic heterocycles. The number of primary amides is 1. The lowest BCUT2D eigenvalue weighted by atomic mass is 9.51. The van der Waals surface area contributed by atoms with E-state index in [1.54, 1.807) is 19.1 Å². The van der Waals surface area contributed by atoms with Gasteiger partial charge in [-0.2, -0.15) is 0 Å². The molecule has 3 aliphatic rings. The molecule has 32 heavy (non-hydrogen) atoms. The third-order valence-corrected chi connectivity index (χ3v) is 7.38. The Balaban J connectivity index is 1.99. The summed E-state index contributed by atoms with van der Waals surface area (Å²) >= 11 is 0. The molecule has 0 aliphatic heterocycles. The number of carbonyl (C=O) groups is 3. The van der Waals surface area contributed by atoms with Gasteiger partial charge in [-0.15, -0.1) is 0 Å². The molecule has 0 spiro atoms. The van der Waals surface area contributed by atoms with Crippen LogP contribution in [0.25, 0.3) is 0 Å². The van der Waals surface area contributed by atoms with Gasteiger partial charge in [0.25, 0.3) is 5.91 Å². The Morgan fingerprint density at radius 1 is 1.06 bits per heavy atom. The van der Waals surface area contributed by atoms with Gasteiger partial charge in [0.05, 0.1) is 29.5 Å². The summed E-state index contributed by atoms with van der Waals surface area (Å²) in [7, 11) is 3.03. The van der Waals surface area contributed by atoms with Crippen LogP contribution in [0.15, 0.2) is 29.5 Å². The van der Waals surface area contributed by atoms with Crippen molar-refractivity contribution in [1.29, 1.82) is 0 Å². The number of likely N-dealkylation sites (N-methyl/N-ethyl adjacent to an activating group) is 1. The van der Waals surface area contributed by atoms with E-state index in [2.05, 4.69) is 0 Å². The number of carbonyl (C=O) groups excluding carboxylic acids is 3. The molecule has 10 heteroatoms. The Kier molecular flexibility index (Phi) is 4.98. The minimum absolute atomic E-state index is 0.0889. The molecule has 0 saturated heterocycles. The predicted molar refractivity (Wildman–Crippen MR) is 109 cm³/mol. The average Bonchev–Trinajstić information content (AvgIpc) is 2.67. The smallest absolute Gasteiger partial charge is 0.255 e. The van der Waals surface area contributed by atoms with Crippen LogP contribution >= 0.6 is 0 Å². The first-order valence-electron chi connectivity index (χ1n) is 10.3. The van der Waals surface area contributed by atoms with Crippen molar-refractivity contribution in [2.24, 2.45) is 29.4 Å². The van der Waals surface area contributed by atoms with Crippen molar-refractivity contribution < 1.29 is 39.9 Å². The molecule has 10 nitrogen and oxygen atoms in total. The van der Waals surface area contributed by atoms with Crippen LogP contribution in [0.1, 0.15) is 28.8 Å². The minimum atomic E-state index is -2.94. The number of ketones is 2. The number of aliphatic hydroxyl groups is 4. The van der Waals surface area contributed by atoms with Gasteiger partial charge >= 0.3 is 0 Å². The Morgan fingerprint density at radius 3 is 2.25 bits per heavy atom. The van der Waals surface area contributed by atoms with Crippen molar-refractivity contribution >= 4 is 17.5 Å². The van der Waals surface area contributed by atoms with Gasteiger partial charge in [0.15, 0.2) is 17.4 Å². The fourth-order valence-electron chi connectivity index (χ4n) is 6.11. The van der Waals surface area contributed by atoms with Gasteiger partial charge < -0.3 is 31.3 Å². The molecule has 4 rings (SSSR count). The summed E-state index contributed by atoms with van der Waals surface area (Å²) < 4.78 is 0. The highest BCUT2D eigenvalue weighted by Gasteiger charge is 2.68. The molecule has 7 N–H and O–H groups in total. The largest absolute Gasteiger partial charge is 0.511 e. The van der Waals surface area contributed by atoms with E-state index in [-0.39, 0.29) is 11.3 Å². The van der Waals surface area contributed by atoms with Crippen LogP contribution in [0.3, 0.4) is 0 Å². The van der Waals surface area contributed by atoms with Crippen LogP contribution in [-0.2, 0) is 9.59 Å². The van der Waals surface area contributed by atoms with Gasteiger partial charge in [0.1, 0.15) is 17.1 Å². The monoisotopic (exact) mass is 446 g/mol. The first-order chi connectivity index (χ1) is 14.8. The molecule has 1 aromatic rings. The molecule has 1 fully saturated rings. The zero-order valence-electron chi connectivity index (χ0n) is 17.8. The van der Waals surface area contributed by atoms with E-state index >= 15 is 0 Å². The maximum Gasteiger partial charge on any atom is 0.255 e. The maximum atomic E-state index is 13.4. The normalized spacial score (nSPS) is 35.9. The molecule has 0 heterocycles. The van der Waals surface area contributed by atoms with Crippen LogP contribution in [0, 0.1) is 23.7 Å². The number of aliphatic hydroxyl groups excluding tert-OH is 2. The minimum Gasteiger partial charge on any atom is -0.511 e. The number of nitrogens with two attached hydrogens (primary N) is 1. The molecular weight excluding hydrogens is 420 g/mol. The molecule has 0 bridgehead atoms. The molecule has 1 amide bonds. The number of hydrogen-bond donors (Lipinski definition) is 6. The van der Waals surface area contributed by atoms with Crippen molar-refractivity contribution in [3.05, 3.63) is 40.7 Å². The fraction of sp³-hybridized carbons (Fsp3) is 0.500. The van der Waals surface area contributed by atoms with E-state index in [1.165, 1.54) is 25.1 Å². The Bertz CT molecular complexity index is 1060. The lowest BCUT2D eigenvalue weighted by molar-refractivity contribution is -0.287. The molecule has 1 saturated carbocycles. The van der Waals surface area contributed by atoms with E-state index in [4.69, 9.17) is 5.73 Å². The number of benzene rings is 1. The average molecular weight is 446 g/mol. The van der Waals surface area contributed by atoms with E-state index in [9.17, 15) is 39.9 Å². The number of rotatable bonds is 2. The van der Waals surface area contributed by atoms with E-state index < -0.39 is 76.3 Å². The van der Waals surface area contributed by atoms with Crippen molar-refractivity contribution in [2.45, 2.75) is 30.8 Å². The SMILES string of the molecule is CC1c2cccc(O)c2C(=O)C2[C@@H]1[C@H](O)[C@H]1[C@@H](N(C)C)C(=O)C(C(N)=O)=C(O)[C@@H]1C2(O)O. The standard InChI is InChI=1S/C22H26N2O8/c1-7-8-5-4-6-9(25)11(8)18(27)14-10(7)17(26)12-15(22(14,31)32)19(28)13(21(23)30)20(29)16(12)24(2)3/h4-7,10,12,14-17,25-26,28,31-32H,1-3H3,(H2,23,30)/t7?,10-,12-,14?,15-,16-,17+/m1/s1. The zero-order chi connectivity index (χ0) is 23.9. The van der Waals surface area contributed by atoms with Gasteiger partial charge in [0, 0.05) is 11.8 Å². The van der Waals surface area contributed by atoms with Crippen LogP contribution in [-0.4, -0.2) is 79.9 Å². The second-order valence-corrected chi connectivity index (χ2v) is 9.18. The van der Waals surface area contributed by atoms with E-state index in [1.807, 2.05) is 0 Å². The zero-order valence-corrected chi connectivity index (χ0v) is 17.8. The van der Waals surface area contributed by atoms with E-state index in [0.29, 0.717) is 5.56 Å².